The molecule has 0 N–H and O–H groups in total. The maximum atomic E-state index is 12.0. The number of ketones is 1. The molecule has 114 valence electrons. The van der Waals surface area contributed by atoms with Crippen molar-refractivity contribution in [1.29, 1.82) is 0 Å². The van der Waals surface area contributed by atoms with E-state index in [1.807, 2.05) is 35.7 Å². The van der Waals surface area contributed by atoms with Crippen LogP contribution in [0.25, 0.3) is 0 Å². The summed E-state index contributed by atoms with van der Waals surface area (Å²) in [6.07, 6.45) is 2.10. The van der Waals surface area contributed by atoms with Crippen LogP contribution in [0, 0.1) is 5.92 Å². The molecule has 22 heavy (non-hydrogen) atoms. The maximum Gasteiger partial charge on any atom is 0.134 e. The highest BCUT2D eigenvalue weighted by Gasteiger charge is 2.37. The Morgan fingerprint density at radius 3 is 1.95 bits per heavy atom. The van der Waals surface area contributed by atoms with E-state index in [4.69, 9.17) is 0 Å². The van der Waals surface area contributed by atoms with Crippen molar-refractivity contribution in [2.45, 2.75) is 40.1 Å². The molecule has 1 aliphatic rings. The Kier molecular flexibility index (Phi) is 5.27. The first-order chi connectivity index (χ1) is 10.7. The van der Waals surface area contributed by atoms with Crippen LogP contribution in [0.2, 0.25) is 0 Å². The molecule has 1 saturated carbocycles. The van der Waals surface area contributed by atoms with E-state index in [-0.39, 0.29) is 5.92 Å². The van der Waals surface area contributed by atoms with Gasteiger partial charge in [-0.3, -0.25) is 4.79 Å². The molecule has 0 aromatic heterocycles. The SMILES string of the molecule is CC(=O)C1CC(Sc2ccccc2)CC1Sc1ccccc1. The molecule has 2 aromatic rings. The van der Waals surface area contributed by atoms with E-state index in [9.17, 15) is 4.79 Å². The van der Waals surface area contributed by atoms with Crippen LogP contribution in [0.4, 0.5) is 0 Å². The van der Waals surface area contributed by atoms with E-state index in [0.29, 0.717) is 16.3 Å². The summed E-state index contributed by atoms with van der Waals surface area (Å²) in [4.78, 5) is 14.6. The lowest BCUT2D eigenvalue weighted by Gasteiger charge is -2.15. The molecule has 0 heterocycles. The summed E-state index contributed by atoms with van der Waals surface area (Å²) >= 11 is 3.79. The Hall–Kier alpha value is -1.19. The Morgan fingerprint density at radius 2 is 1.41 bits per heavy atom. The van der Waals surface area contributed by atoms with E-state index < -0.39 is 0 Å². The second kappa shape index (κ2) is 7.38. The van der Waals surface area contributed by atoms with Gasteiger partial charge in [-0.1, -0.05) is 36.4 Å². The lowest BCUT2D eigenvalue weighted by atomic mass is 10.0. The lowest BCUT2D eigenvalue weighted by molar-refractivity contribution is -0.120. The van der Waals surface area contributed by atoms with E-state index in [1.165, 1.54) is 9.79 Å². The highest BCUT2D eigenvalue weighted by molar-refractivity contribution is 8.01. The van der Waals surface area contributed by atoms with Gasteiger partial charge in [0.2, 0.25) is 0 Å². The van der Waals surface area contributed by atoms with Gasteiger partial charge in [0.25, 0.3) is 0 Å². The van der Waals surface area contributed by atoms with E-state index >= 15 is 0 Å². The van der Waals surface area contributed by atoms with E-state index in [0.717, 1.165) is 12.8 Å². The molecule has 3 unspecified atom stereocenters. The molecular formula is C19H20OS2. The van der Waals surface area contributed by atoms with Crippen LogP contribution in [0.15, 0.2) is 70.5 Å². The number of rotatable bonds is 5. The Bertz CT molecular complexity index is 612. The monoisotopic (exact) mass is 328 g/mol. The topological polar surface area (TPSA) is 17.1 Å². The van der Waals surface area contributed by atoms with Crippen LogP contribution in [-0.4, -0.2) is 16.3 Å². The van der Waals surface area contributed by atoms with Crippen LogP contribution >= 0.6 is 23.5 Å². The second-order valence-corrected chi connectivity index (χ2v) is 8.40. The fraction of sp³-hybridized carbons (Fsp3) is 0.316. The van der Waals surface area contributed by atoms with Gasteiger partial charge in [-0.2, -0.15) is 0 Å². The zero-order valence-corrected chi connectivity index (χ0v) is 14.3. The third-order valence-electron chi connectivity index (χ3n) is 4.06. The summed E-state index contributed by atoms with van der Waals surface area (Å²) in [7, 11) is 0. The number of carbonyl (C=O) groups is 1. The Balaban J connectivity index is 1.68. The molecule has 3 rings (SSSR count). The fourth-order valence-corrected chi connectivity index (χ4v) is 5.86. The molecule has 3 heteroatoms. The normalized spacial score (nSPS) is 24.3. The van der Waals surface area contributed by atoms with Crippen LogP contribution in [0.1, 0.15) is 19.8 Å². The summed E-state index contributed by atoms with van der Waals surface area (Å²) in [6.45, 7) is 1.75. The smallest absolute Gasteiger partial charge is 0.134 e. The number of hydrogen-bond donors (Lipinski definition) is 0. The highest BCUT2D eigenvalue weighted by atomic mass is 32.2. The summed E-state index contributed by atoms with van der Waals surface area (Å²) < 4.78 is 0. The fourth-order valence-electron chi connectivity index (χ4n) is 2.97. The first-order valence-corrected chi connectivity index (χ1v) is 9.42. The van der Waals surface area contributed by atoms with Gasteiger partial charge >= 0.3 is 0 Å². The zero-order valence-electron chi connectivity index (χ0n) is 12.6. The third-order valence-corrected chi connectivity index (χ3v) is 6.69. The Morgan fingerprint density at radius 1 is 0.864 bits per heavy atom. The molecule has 1 fully saturated rings. The van der Waals surface area contributed by atoms with Gasteiger partial charge in [0.1, 0.15) is 5.78 Å². The third kappa shape index (κ3) is 3.96. The quantitative estimate of drug-likeness (QED) is 0.740. The average molecular weight is 329 g/mol. The summed E-state index contributed by atoms with van der Waals surface area (Å²) in [6, 6.07) is 21.0. The maximum absolute atomic E-state index is 12.0. The molecule has 0 spiro atoms. The summed E-state index contributed by atoms with van der Waals surface area (Å²) in [5, 5.41) is 0.943. The number of carbonyl (C=O) groups excluding carboxylic acids is 1. The van der Waals surface area contributed by atoms with Crippen molar-refractivity contribution in [3.8, 4) is 0 Å². The number of benzene rings is 2. The van der Waals surface area contributed by atoms with Gasteiger partial charge in [0.15, 0.2) is 0 Å². The molecule has 1 nitrogen and oxygen atoms in total. The van der Waals surface area contributed by atoms with Crippen molar-refractivity contribution in [1.82, 2.24) is 0 Å². The molecule has 3 atom stereocenters. The molecule has 0 amide bonds. The molecule has 0 saturated heterocycles. The van der Waals surface area contributed by atoms with Crippen LogP contribution in [-0.2, 0) is 4.79 Å². The first kappa shape index (κ1) is 15.7. The van der Waals surface area contributed by atoms with Crippen molar-refractivity contribution < 1.29 is 4.79 Å². The standard InChI is InChI=1S/C19H20OS2/c1-14(20)18-12-17(21-15-8-4-2-5-9-15)13-19(18)22-16-10-6-3-7-11-16/h2-11,17-19H,12-13H2,1H3. The largest absolute Gasteiger partial charge is 0.300 e. The first-order valence-electron chi connectivity index (χ1n) is 7.66. The van der Waals surface area contributed by atoms with Crippen molar-refractivity contribution in [3.63, 3.8) is 0 Å². The number of hydrogen-bond acceptors (Lipinski definition) is 3. The van der Waals surface area contributed by atoms with Crippen molar-refractivity contribution in [2.24, 2.45) is 5.92 Å². The second-order valence-electron chi connectivity index (χ2n) is 5.71. The number of Topliss-reactive ketones (excluding diaryl/α,β-unsaturated/α-hetero) is 1. The minimum absolute atomic E-state index is 0.186. The molecule has 0 radical (unpaired) electrons. The lowest BCUT2D eigenvalue weighted by Crippen LogP contribution is -2.17. The van der Waals surface area contributed by atoms with Gasteiger partial charge < -0.3 is 0 Å². The van der Waals surface area contributed by atoms with Gasteiger partial charge in [0.05, 0.1) is 0 Å². The number of thioether (sulfide) groups is 2. The van der Waals surface area contributed by atoms with Gasteiger partial charge in [-0.05, 0) is 44.0 Å². The van der Waals surface area contributed by atoms with Crippen molar-refractivity contribution in [2.75, 3.05) is 0 Å². The molecule has 0 aliphatic heterocycles. The van der Waals surface area contributed by atoms with Crippen molar-refractivity contribution in [3.05, 3.63) is 60.7 Å². The van der Waals surface area contributed by atoms with Crippen molar-refractivity contribution >= 4 is 29.3 Å². The highest BCUT2D eigenvalue weighted by Crippen LogP contribution is 2.45. The van der Waals surface area contributed by atoms with Gasteiger partial charge in [0, 0.05) is 26.2 Å². The van der Waals surface area contributed by atoms with Gasteiger partial charge in [-0.25, -0.2) is 0 Å². The van der Waals surface area contributed by atoms with Crippen LogP contribution in [0.3, 0.4) is 0 Å². The zero-order chi connectivity index (χ0) is 15.4. The van der Waals surface area contributed by atoms with E-state index in [2.05, 4.69) is 48.5 Å². The summed E-state index contributed by atoms with van der Waals surface area (Å²) in [5.41, 5.74) is 0. The average Bonchev–Trinajstić information content (AvgIpc) is 2.92. The van der Waals surface area contributed by atoms with Crippen LogP contribution < -0.4 is 0 Å². The minimum Gasteiger partial charge on any atom is -0.300 e. The van der Waals surface area contributed by atoms with E-state index in [1.54, 1.807) is 6.92 Å². The minimum atomic E-state index is 0.186. The molecule has 2 aromatic carbocycles. The van der Waals surface area contributed by atoms with Gasteiger partial charge in [-0.15, -0.1) is 23.5 Å². The van der Waals surface area contributed by atoms with Crippen LogP contribution in [0.5, 0.6) is 0 Å². The molecule has 0 bridgehead atoms. The predicted octanol–water partition coefficient (Wildman–Crippen LogP) is 5.31. The Labute approximate surface area is 140 Å². The molecular weight excluding hydrogens is 308 g/mol. The molecule has 1 aliphatic carbocycles. The summed E-state index contributed by atoms with van der Waals surface area (Å²) in [5.74, 6) is 0.524. The predicted molar refractivity (Wildman–Crippen MR) is 95.6 cm³/mol.